The van der Waals surface area contributed by atoms with E-state index in [9.17, 15) is 4.79 Å². The van der Waals surface area contributed by atoms with Crippen molar-refractivity contribution in [3.05, 3.63) is 96.3 Å². The van der Waals surface area contributed by atoms with Crippen LogP contribution >= 0.6 is 11.8 Å². The maximum atomic E-state index is 12.5. The lowest BCUT2D eigenvalue weighted by molar-refractivity contribution is -0.113. The average molecular weight is 431 g/mol. The molecule has 1 amide bonds. The Morgan fingerprint density at radius 1 is 0.935 bits per heavy atom. The number of aromatic nitrogens is 3. The Morgan fingerprint density at radius 3 is 2.42 bits per heavy atom. The number of benzene rings is 3. The molecule has 7 heteroatoms. The summed E-state index contributed by atoms with van der Waals surface area (Å²) in [6, 6.07) is 27.0. The number of aryl methyl sites for hydroxylation is 1. The van der Waals surface area contributed by atoms with Crippen molar-refractivity contribution < 1.29 is 9.53 Å². The van der Waals surface area contributed by atoms with Gasteiger partial charge in [0.1, 0.15) is 17.3 Å². The molecule has 0 saturated heterocycles. The lowest BCUT2D eigenvalue weighted by atomic mass is 10.2. The van der Waals surface area contributed by atoms with Crippen molar-refractivity contribution in [3.63, 3.8) is 0 Å². The third kappa shape index (κ3) is 5.73. The van der Waals surface area contributed by atoms with Gasteiger partial charge in [0.25, 0.3) is 0 Å². The summed E-state index contributed by atoms with van der Waals surface area (Å²) in [5.41, 5.74) is 1.84. The fourth-order valence-electron chi connectivity index (χ4n) is 3.01. The number of carbonyl (C=O) groups excluding carboxylic acids is 1. The maximum Gasteiger partial charge on any atom is 0.234 e. The van der Waals surface area contributed by atoms with Gasteiger partial charge in [-0.15, -0.1) is 10.2 Å². The molecule has 0 aliphatic heterocycles. The van der Waals surface area contributed by atoms with E-state index in [1.54, 1.807) is 6.07 Å². The third-order valence-corrected chi connectivity index (χ3v) is 5.48. The Kier molecular flexibility index (Phi) is 6.64. The molecule has 1 aromatic heterocycles. The Morgan fingerprint density at radius 2 is 1.65 bits per heavy atom. The molecule has 31 heavy (non-hydrogen) atoms. The Labute approximate surface area is 185 Å². The van der Waals surface area contributed by atoms with Gasteiger partial charge in [0, 0.05) is 11.8 Å². The molecule has 1 heterocycles. The summed E-state index contributed by atoms with van der Waals surface area (Å²) in [5.74, 6) is 2.34. The van der Waals surface area contributed by atoms with Crippen molar-refractivity contribution in [2.45, 2.75) is 18.6 Å². The second-order valence-corrected chi connectivity index (χ2v) is 7.82. The van der Waals surface area contributed by atoms with E-state index in [0.717, 1.165) is 22.3 Å². The molecule has 156 valence electrons. The maximum absolute atomic E-state index is 12.5. The molecule has 0 fully saturated rings. The first kappa shape index (κ1) is 20.7. The second kappa shape index (κ2) is 9.95. The summed E-state index contributed by atoms with van der Waals surface area (Å²) < 4.78 is 7.84. The van der Waals surface area contributed by atoms with E-state index in [1.165, 1.54) is 11.8 Å². The second-order valence-electron chi connectivity index (χ2n) is 6.88. The van der Waals surface area contributed by atoms with Crippen molar-refractivity contribution in [1.29, 1.82) is 0 Å². The van der Waals surface area contributed by atoms with Gasteiger partial charge in [-0.3, -0.25) is 4.79 Å². The molecule has 0 aliphatic rings. The van der Waals surface area contributed by atoms with Gasteiger partial charge >= 0.3 is 0 Å². The molecule has 3 aromatic carbocycles. The van der Waals surface area contributed by atoms with Gasteiger partial charge in [-0.25, -0.2) is 0 Å². The SMILES string of the molecule is Cc1nnc(SCC(=O)Nc2cccc(Oc3ccccc3)c2)n1Cc1ccccc1. The van der Waals surface area contributed by atoms with Crippen LogP contribution in [-0.2, 0) is 11.3 Å². The zero-order chi connectivity index (χ0) is 21.5. The molecular weight excluding hydrogens is 408 g/mol. The summed E-state index contributed by atoms with van der Waals surface area (Å²) in [7, 11) is 0. The molecule has 4 aromatic rings. The smallest absolute Gasteiger partial charge is 0.234 e. The van der Waals surface area contributed by atoms with Crippen LogP contribution in [0.5, 0.6) is 11.5 Å². The summed E-state index contributed by atoms with van der Waals surface area (Å²) >= 11 is 1.37. The van der Waals surface area contributed by atoms with Gasteiger partial charge in [-0.1, -0.05) is 66.4 Å². The van der Waals surface area contributed by atoms with Gasteiger partial charge in [0.05, 0.1) is 12.3 Å². The monoisotopic (exact) mass is 430 g/mol. The van der Waals surface area contributed by atoms with Crippen LogP contribution in [0.15, 0.2) is 90.1 Å². The molecule has 0 radical (unpaired) electrons. The molecule has 0 aliphatic carbocycles. The largest absolute Gasteiger partial charge is 0.457 e. The number of hydrogen-bond donors (Lipinski definition) is 1. The predicted octanol–water partition coefficient (Wildman–Crippen LogP) is 5.16. The minimum atomic E-state index is -0.117. The molecule has 0 spiro atoms. The van der Waals surface area contributed by atoms with Gasteiger partial charge in [0.15, 0.2) is 5.16 Å². The van der Waals surface area contributed by atoms with Gasteiger partial charge < -0.3 is 14.6 Å². The first-order valence-electron chi connectivity index (χ1n) is 9.87. The van der Waals surface area contributed by atoms with Crippen LogP contribution in [0.3, 0.4) is 0 Å². The van der Waals surface area contributed by atoms with E-state index in [-0.39, 0.29) is 11.7 Å². The summed E-state index contributed by atoms with van der Waals surface area (Å²) in [4.78, 5) is 12.5. The number of nitrogens with zero attached hydrogens (tertiary/aromatic N) is 3. The van der Waals surface area contributed by atoms with Gasteiger partial charge in [0.2, 0.25) is 5.91 Å². The lowest BCUT2D eigenvalue weighted by Gasteiger charge is -2.10. The molecule has 0 atom stereocenters. The minimum Gasteiger partial charge on any atom is -0.457 e. The number of carbonyl (C=O) groups is 1. The molecule has 1 N–H and O–H groups in total. The first-order valence-corrected chi connectivity index (χ1v) is 10.9. The number of amides is 1. The number of thioether (sulfide) groups is 1. The van der Waals surface area contributed by atoms with Crippen LogP contribution < -0.4 is 10.1 Å². The normalized spacial score (nSPS) is 10.6. The van der Waals surface area contributed by atoms with Crippen molar-refractivity contribution in [2.24, 2.45) is 0 Å². The zero-order valence-electron chi connectivity index (χ0n) is 17.1. The molecule has 0 saturated carbocycles. The van der Waals surface area contributed by atoms with Crippen molar-refractivity contribution in [2.75, 3.05) is 11.1 Å². The number of nitrogens with one attached hydrogen (secondary N) is 1. The van der Waals surface area contributed by atoms with Crippen LogP contribution in [0.2, 0.25) is 0 Å². The predicted molar refractivity (Wildman–Crippen MR) is 123 cm³/mol. The quantitative estimate of drug-likeness (QED) is 0.391. The van der Waals surface area contributed by atoms with E-state index < -0.39 is 0 Å². The highest BCUT2D eigenvalue weighted by Gasteiger charge is 2.12. The van der Waals surface area contributed by atoms with Gasteiger partial charge in [-0.05, 0) is 36.8 Å². The number of para-hydroxylation sites is 1. The number of rotatable bonds is 8. The van der Waals surface area contributed by atoms with Crippen LogP contribution in [0.25, 0.3) is 0 Å². The van der Waals surface area contributed by atoms with E-state index in [4.69, 9.17) is 4.74 Å². The fourth-order valence-corrected chi connectivity index (χ4v) is 3.79. The van der Waals surface area contributed by atoms with Crippen molar-refractivity contribution >= 4 is 23.4 Å². The minimum absolute atomic E-state index is 0.117. The Hall–Kier alpha value is -3.58. The standard InChI is InChI=1S/C24H22N4O2S/c1-18-26-27-24(28(18)16-19-9-4-2-5-10-19)31-17-23(29)25-20-11-8-14-22(15-20)30-21-12-6-3-7-13-21/h2-15H,16-17H2,1H3,(H,25,29). The highest BCUT2D eigenvalue weighted by atomic mass is 32.2. The first-order chi connectivity index (χ1) is 15.2. The highest BCUT2D eigenvalue weighted by Crippen LogP contribution is 2.24. The Balaban J connectivity index is 1.35. The van der Waals surface area contributed by atoms with Crippen LogP contribution in [0.1, 0.15) is 11.4 Å². The zero-order valence-corrected chi connectivity index (χ0v) is 17.9. The van der Waals surface area contributed by atoms with E-state index >= 15 is 0 Å². The molecule has 4 rings (SSSR count). The lowest BCUT2D eigenvalue weighted by Crippen LogP contribution is -2.15. The third-order valence-electron chi connectivity index (χ3n) is 4.51. The summed E-state index contributed by atoms with van der Waals surface area (Å²) in [5, 5.41) is 12.0. The van der Waals surface area contributed by atoms with E-state index in [0.29, 0.717) is 18.0 Å². The summed E-state index contributed by atoms with van der Waals surface area (Å²) in [6.45, 7) is 2.58. The molecular formula is C24H22N4O2S. The Bertz CT molecular complexity index is 1150. The van der Waals surface area contributed by atoms with Crippen molar-refractivity contribution in [1.82, 2.24) is 14.8 Å². The average Bonchev–Trinajstić information content (AvgIpc) is 3.13. The number of anilines is 1. The fraction of sp³-hybridized carbons (Fsp3) is 0.125. The number of hydrogen-bond acceptors (Lipinski definition) is 5. The van der Waals surface area contributed by atoms with E-state index in [1.807, 2.05) is 78.2 Å². The molecule has 0 unspecified atom stereocenters. The topological polar surface area (TPSA) is 69.0 Å². The van der Waals surface area contributed by atoms with Crippen molar-refractivity contribution in [3.8, 4) is 11.5 Å². The highest BCUT2D eigenvalue weighted by molar-refractivity contribution is 7.99. The van der Waals surface area contributed by atoms with E-state index in [2.05, 4.69) is 27.6 Å². The van der Waals surface area contributed by atoms with Crippen LogP contribution in [-0.4, -0.2) is 26.4 Å². The molecule has 0 bridgehead atoms. The van der Waals surface area contributed by atoms with Gasteiger partial charge in [-0.2, -0.15) is 0 Å². The number of ether oxygens (including phenoxy) is 1. The van der Waals surface area contributed by atoms with Crippen LogP contribution in [0, 0.1) is 6.92 Å². The van der Waals surface area contributed by atoms with Crippen LogP contribution in [0.4, 0.5) is 5.69 Å². The summed E-state index contributed by atoms with van der Waals surface area (Å²) in [6.07, 6.45) is 0. The molecule has 6 nitrogen and oxygen atoms in total.